The van der Waals surface area contributed by atoms with Gasteiger partial charge in [0.2, 0.25) is 5.91 Å². The molecule has 0 bridgehead atoms. The molecule has 9 nitrogen and oxygen atoms in total. The topological polar surface area (TPSA) is 114 Å². The number of aromatic nitrogens is 2. The van der Waals surface area contributed by atoms with Crippen LogP contribution in [0.25, 0.3) is 10.8 Å². The zero-order valence-corrected chi connectivity index (χ0v) is 13.6. The third-order valence-corrected chi connectivity index (χ3v) is 3.66. The lowest BCUT2D eigenvalue weighted by atomic mass is 10.1. The van der Waals surface area contributed by atoms with Crippen LogP contribution in [0.2, 0.25) is 0 Å². The molecule has 3 rings (SSSR count). The first kappa shape index (κ1) is 16.4. The number of amides is 1. The van der Waals surface area contributed by atoms with E-state index in [1.54, 1.807) is 43.3 Å². The van der Waals surface area contributed by atoms with E-state index in [9.17, 15) is 14.9 Å². The molecule has 2 heterocycles. The highest BCUT2D eigenvalue weighted by atomic mass is 16.6. The van der Waals surface area contributed by atoms with Crippen LogP contribution in [0.1, 0.15) is 5.76 Å². The Bertz CT molecular complexity index is 953. The van der Waals surface area contributed by atoms with Crippen LogP contribution in [0.4, 0.5) is 17.2 Å². The lowest BCUT2D eigenvalue weighted by Gasteiger charge is -2.20. The average molecular weight is 341 g/mol. The van der Waals surface area contributed by atoms with E-state index in [0.29, 0.717) is 28.0 Å². The molecule has 2 aromatic heterocycles. The van der Waals surface area contributed by atoms with Gasteiger partial charge >= 0.3 is 0 Å². The Morgan fingerprint density at radius 1 is 1.36 bits per heavy atom. The number of likely N-dealkylation sites (N-methyl/N-ethyl adjacent to an activating group) is 1. The molecule has 9 heteroatoms. The normalized spacial score (nSPS) is 10.6. The fourth-order valence-electron chi connectivity index (χ4n) is 2.56. The van der Waals surface area contributed by atoms with Gasteiger partial charge in [-0.25, -0.2) is 0 Å². The van der Waals surface area contributed by atoms with Gasteiger partial charge in [0, 0.05) is 42.6 Å². The maximum absolute atomic E-state index is 12.2. The molecule has 0 spiro atoms. The summed E-state index contributed by atoms with van der Waals surface area (Å²) >= 11 is 0. The van der Waals surface area contributed by atoms with Crippen molar-refractivity contribution in [2.75, 3.05) is 23.8 Å². The number of carbonyl (C=O) groups excluding carboxylic acids is 1. The highest BCUT2D eigenvalue weighted by Crippen LogP contribution is 2.32. The van der Waals surface area contributed by atoms with E-state index in [-0.39, 0.29) is 18.1 Å². The SMILES string of the molecule is Cc1cc(NC(=O)CN(C)c2ccc([N+](=O)[O-])c3cnccc23)no1. The molecule has 1 aromatic carbocycles. The van der Waals surface area contributed by atoms with Crippen molar-refractivity contribution < 1.29 is 14.2 Å². The fourth-order valence-corrected chi connectivity index (χ4v) is 2.56. The van der Waals surface area contributed by atoms with E-state index in [2.05, 4.69) is 15.5 Å². The van der Waals surface area contributed by atoms with E-state index in [4.69, 9.17) is 4.52 Å². The number of nitro groups is 1. The smallest absolute Gasteiger partial charge is 0.278 e. The van der Waals surface area contributed by atoms with Crippen LogP contribution in [0.3, 0.4) is 0 Å². The molecule has 0 atom stereocenters. The number of fused-ring (bicyclic) bond motifs is 1. The number of anilines is 2. The summed E-state index contributed by atoms with van der Waals surface area (Å²) in [7, 11) is 1.73. The van der Waals surface area contributed by atoms with Gasteiger partial charge in [-0.15, -0.1) is 0 Å². The molecule has 25 heavy (non-hydrogen) atoms. The van der Waals surface area contributed by atoms with Crippen molar-refractivity contribution in [3.8, 4) is 0 Å². The van der Waals surface area contributed by atoms with Crippen LogP contribution >= 0.6 is 0 Å². The number of carbonyl (C=O) groups is 1. The number of pyridine rings is 1. The van der Waals surface area contributed by atoms with Gasteiger partial charge in [-0.2, -0.15) is 0 Å². The summed E-state index contributed by atoms with van der Waals surface area (Å²) in [4.78, 5) is 28.5. The lowest BCUT2D eigenvalue weighted by Crippen LogP contribution is -2.30. The molecule has 0 unspecified atom stereocenters. The highest BCUT2D eigenvalue weighted by Gasteiger charge is 2.17. The van der Waals surface area contributed by atoms with Gasteiger partial charge in [-0.05, 0) is 19.1 Å². The zero-order chi connectivity index (χ0) is 18.0. The minimum atomic E-state index is -0.451. The number of benzene rings is 1. The van der Waals surface area contributed by atoms with Gasteiger partial charge in [0.15, 0.2) is 5.82 Å². The number of nitrogens with zero attached hydrogens (tertiary/aromatic N) is 4. The third kappa shape index (κ3) is 3.39. The Morgan fingerprint density at radius 3 is 2.84 bits per heavy atom. The van der Waals surface area contributed by atoms with Crippen molar-refractivity contribution in [3.63, 3.8) is 0 Å². The molecule has 0 aliphatic carbocycles. The van der Waals surface area contributed by atoms with Crippen molar-refractivity contribution in [1.29, 1.82) is 0 Å². The van der Waals surface area contributed by atoms with Crippen LogP contribution < -0.4 is 10.2 Å². The molecule has 128 valence electrons. The second kappa shape index (κ2) is 6.56. The van der Waals surface area contributed by atoms with Gasteiger partial charge in [-0.1, -0.05) is 5.16 Å². The van der Waals surface area contributed by atoms with E-state index in [1.807, 2.05) is 0 Å². The average Bonchev–Trinajstić information content (AvgIpc) is 2.98. The number of hydrogen-bond acceptors (Lipinski definition) is 7. The van der Waals surface area contributed by atoms with Gasteiger partial charge in [0.25, 0.3) is 5.69 Å². The van der Waals surface area contributed by atoms with Crippen molar-refractivity contribution in [2.24, 2.45) is 0 Å². The maximum atomic E-state index is 12.2. The summed E-state index contributed by atoms with van der Waals surface area (Å²) in [5.74, 6) is 0.655. The molecule has 0 fully saturated rings. The Labute approximate surface area is 142 Å². The van der Waals surface area contributed by atoms with Gasteiger partial charge < -0.3 is 14.7 Å². The first-order chi connectivity index (χ1) is 12.0. The van der Waals surface area contributed by atoms with Crippen molar-refractivity contribution in [2.45, 2.75) is 6.92 Å². The Morgan fingerprint density at radius 2 is 2.16 bits per heavy atom. The van der Waals surface area contributed by atoms with E-state index >= 15 is 0 Å². The molecule has 0 saturated heterocycles. The molecule has 0 aliphatic rings. The molecule has 0 aliphatic heterocycles. The lowest BCUT2D eigenvalue weighted by molar-refractivity contribution is -0.383. The molecule has 3 aromatic rings. The summed E-state index contributed by atoms with van der Waals surface area (Å²) in [6, 6.07) is 6.33. The molecule has 1 N–H and O–H groups in total. The summed E-state index contributed by atoms with van der Waals surface area (Å²) in [5, 5.41) is 18.6. The van der Waals surface area contributed by atoms with Crippen LogP contribution in [0, 0.1) is 17.0 Å². The standard InChI is InChI=1S/C16H15N5O4/c1-10-7-15(19-25-10)18-16(22)9-20(2)13-3-4-14(21(23)24)12-8-17-6-5-11(12)13/h3-8H,9H2,1-2H3,(H,18,19,22). The molecular weight excluding hydrogens is 326 g/mol. The number of hydrogen-bond donors (Lipinski definition) is 1. The zero-order valence-electron chi connectivity index (χ0n) is 13.6. The molecule has 1 amide bonds. The van der Waals surface area contributed by atoms with Crippen LogP contribution in [0.15, 0.2) is 41.2 Å². The second-order valence-corrected chi connectivity index (χ2v) is 5.51. The number of non-ortho nitro benzene ring substituents is 1. The molecular formula is C16H15N5O4. The van der Waals surface area contributed by atoms with Crippen molar-refractivity contribution >= 4 is 33.9 Å². The number of rotatable bonds is 5. The summed E-state index contributed by atoms with van der Waals surface area (Å²) < 4.78 is 4.90. The number of aryl methyl sites for hydroxylation is 1. The largest absolute Gasteiger partial charge is 0.365 e. The minimum absolute atomic E-state index is 0.0252. The van der Waals surface area contributed by atoms with Gasteiger partial charge in [-0.3, -0.25) is 19.9 Å². The van der Waals surface area contributed by atoms with Crippen LogP contribution in [-0.4, -0.2) is 34.6 Å². The maximum Gasteiger partial charge on any atom is 0.278 e. The Kier molecular flexibility index (Phi) is 4.29. The third-order valence-electron chi connectivity index (χ3n) is 3.66. The second-order valence-electron chi connectivity index (χ2n) is 5.51. The van der Waals surface area contributed by atoms with Crippen molar-refractivity contribution in [1.82, 2.24) is 10.1 Å². The summed E-state index contributed by atoms with van der Waals surface area (Å²) in [6.45, 7) is 1.77. The predicted octanol–water partition coefficient (Wildman–Crippen LogP) is 2.51. The highest BCUT2D eigenvalue weighted by molar-refractivity contribution is 6.01. The minimum Gasteiger partial charge on any atom is -0.365 e. The monoisotopic (exact) mass is 341 g/mol. The fraction of sp³-hybridized carbons (Fsp3) is 0.188. The van der Waals surface area contributed by atoms with Gasteiger partial charge in [0.05, 0.1) is 16.9 Å². The van der Waals surface area contributed by atoms with Crippen LogP contribution in [0.5, 0.6) is 0 Å². The number of nitrogens with one attached hydrogen (secondary N) is 1. The first-order valence-corrected chi connectivity index (χ1v) is 7.41. The predicted molar refractivity (Wildman–Crippen MR) is 91.5 cm³/mol. The van der Waals surface area contributed by atoms with Crippen molar-refractivity contribution in [3.05, 3.63) is 52.5 Å². The van der Waals surface area contributed by atoms with E-state index < -0.39 is 4.92 Å². The Balaban J connectivity index is 1.84. The van der Waals surface area contributed by atoms with Gasteiger partial charge in [0.1, 0.15) is 5.76 Å². The first-order valence-electron chi connectivity index (χ1n) is 7.41. The quantitative estimate of drug-likeness (QED) is 0.560. The summed E-state index contributed by atoms with van der Waals surface area (Å²) in [5.41, 5.74) is 0.664. The Hall–Kier alpha value is -3.49. The van der Waals surface area contributed by atoms with Crippen LogP contribution in [-0.2, 0) is 4.79 Å². The molecule has 0 saturated carbocycles. The van der Waals surface area contributed by atoms with E-state index in [0.717, 1.165) is 0 Å². The summed E-state index contributed by atoms with van der Waals surface area (Å²) in [6.07, 6.45) is 3.00. The molecule has 0 radical (unpaired) electrons. The number of nitro benzene ring substituents is 1. The van der Waals surface area contributed by atoms with E-state index in [1.165, 1.54) is 12.3 Å².